The summed E-state index contributed by atoms with van der Waals surface area (Å²) in [4.78, 5) is 10.2. The Morgan fingerprint density at radius 3 is 2.79 bits per heavy atom. The first-order valence-electron chi connectivity index (χ1n) is 6.15. The zero-order chi connectivity index (χ0) is 13.7. The van der Waals surface area contributed by atoms with E-state index in [0.29, 0.717) is 13.0 Å². The van der Waals surface area contributed by atoms with Gasteiger partial charge in [0.1, 0.15) is 23.8 Å². The molecular weight excluding hydrogens is 243 g/mol. The monoisotopic (exact) mass is 260 g/mol. The van der Waals surface area contributed by atoms with Crippen molar-refractivity contribution < 1.29 is 4.39 Å². The lowest BCUT2D eigenvalue weighted by Crippen LogP contribution is -2.22. The Bertz CT molecular complexity index is 544. The summed E-state index contributed by atoms with van der Waals surface area (Å²) in [5.41, 5.74) is 0.720. The molecule has 19 heavy (non-hydrogen) atoms. The lowest BCUT2D eigenvalue weighted by Gasteiger charge is -2.18. The van der Waals surface area contributed by atoms with Gasteiger partial charge >= 0.3 is 0 Å². The van der Waals surface area contributed by atoms with Crippen molar-refractivity contribution in [2.75, 3.05) is 30.9 Å². The molecule has 0 saturated heterocycles. The Morgan fingerprint density at radius 2 is 2.05 bits per heavy atom. The smallest absolute Gasteiger partial charge is 0.133 e. The van der Waals surface area contributed by atoms with Crippen LogP contribution >= 0.6 is 0 Å². The number of hydrogen-bond acceptors (Lipinski definition) is 4. The van der Waals surface area contributed by atoms with Crippen LogP contribution in [0.1, 0.15) is 5.56 Å². The maximum atomic E-state index is 13.5. The van der Waals surface area contributed by atoms with Crippen LogP contribution < -0.4 is 10.2 Å². The van der Waals surface area contributed by atoms with E-state index in [0.717, 1.165) is 17.2 Å². The Hall–Kier alpha value is -2.17. The van der Waals surface area contributed by atoms with Crippen LogP contribution in [0.25, 0.3) is 0 Å². The summed E-state index contributed by atoms with van der Waals surface area (Å²) in [6, 6.07) is 8.71. The molecule has 0 aliphatic carbocycles. The van der Waals surface area contributed by atoms with Crippen molar-refractivity contribution in [2.45, 2.75) is 6.42 Å². The van der Waals surface area contributed by atoms with Crippen LogP contribution in [-0.2, 0) is 6.42 Å². The maximum absolute atomic E-state index is 13.5. The number of nitrogens with one attached hydrogen (secondary N) is 1. The summed E-state index contributed by atoms with van der Waals surface area (Å²) in [5, 5.41) is 2.97. The van der Waals surface area contributed by atoms with Gasteiger partial charge in [-0.15, -0.1) is 0 Å². The molecule has 1 aromatic carbocycles. The molecule has 4 nitrogen and oxygen atoms in total. The van der Waals surface area contributed by atoms with Crippen molar-refractivity contribution in [1.82, 2.24) is 9.97 Å². The fourth-order valence-corrected chi connectivity index (χ4v) is 1.80. The molecule has 2 aromatic rings. The molecule has 0 saturated carbocycles. The number of anilines is 2. The molecule has 0 amide bonds. The molecule has 100 valence electrons. The normalized spacial score (nSPS) is 10.3. The molecule has 0 aliphatic heterocycles. The van der Waals surface area contributed by atoms with Crippen LogP contribution in [0.5, 0.6) is 0 Å². The Labute approximate surface area is 112 Å². The molecule has 2 rings (SSSR count). The van der Waals surface area contributed by atoms with Gasteiger partial charge in [-0.2, -0.15) is 0 Å². The standard InChI is InChI=1S/C14H17FN4/c1-16-13-9-14(18-10-17-13)19(2)8-7-11-5-3-4-6-12(11)15/h3-6,9-10H,7-8H2,1-2H3,(H,16,17,18). The average molecular weight is 260 g/mol. The van der Waals surface area contributed by atoms with E-state index in [2.05, 4.69) is 15.3 Å². The van der Waals surface area contributed by atoms with Crippen molar-refractivity contribution >= 4 is 11.6 Å². The van der Waals surface area contributed by atoms with Gasteiger partial charge in [0, 0.05) is 26.7 Å². The molecule has 5 heteroatoms. The van der Waals surface area contributed by atoms with Crippen LogP contribution in [-0.4, -0.2) is 30.6 Å². The van der Waals surface area contributed by atoms with Gasteiger partial charge in [0.15, 0.2) is 0 Å². The molecule has 1 heterocycles. The molecule has 0 unspecified atom stereocenters. The molecular formula is C14H17FN4. The van der Waals surface area contributed by atoms with Gasteiger partial charge in [-0.1, -0.05) is 18.2 Å². The maximum Gasteiger partial charge on any atom is 0.133 e. The predicted octanol–water partition coefficient (Wildman–Crippen LogP) is 2.34. The average Bonchev–Trinajstić information content (AvgIpc) is 2.46. The molecule has 0 spiro atoms. The minimum atomic E-state index is -0.158. The highest BCUT2D eigenvalue weighted by Crippen LogP contribution is 2.13. The first kappa shape index (κ1) is 13.3. The SMILES string of the molecule is CNc1cc(N(C)CCc2ccccc2F)ncn1. The van der Waals surface area contributed by atoms with E-state index in [1.54, 1.807) is 6.07 Å². The van der Waals surface area contributed by atoms with Crippen molar-refractivity contribution in [1.29, 1.82) is 0 Å². The number of likely N-dealkylation sites (N-methyl/N-ethyl adjacent to an activating group) is 1. The van der Waals surface area contributed by atoms with E-state index in [4.69, 9.17) is 0 Å². The van der Waals surface area contributed by atoms with E-state index >= 15 is 0 Å². The van der Waals surface area contributed by atoms with Crippen LogP contribution in [0.4, 0.5) is 16.0 Å². The zero-order valence-corrected chi connectivity index (χ0v) is 11.1. The summed E-state index contributed by atoms with van der Waals surface area (Å²) in [7, 11) is 3.74. The van der Waals surface area contributed by atoms with E-state index in [1.165, 1.54) is 12.4 Å². The zero-order valence-electron chi connectivity index (χ0n) is 11.1. The largest absolute Gasteiger partial charge is 0.373 e. The second-order valence-corrected chi connectivity index (χ2v) is 4.27. The number of hydrogen-bond donors (Lipinski definition) is 1. The number of halogens is 1. The predicted molar refractivity (Wildman–Crippen MR) is 75.0 cm³/mol. The van der Waals surface area contributed by atoms with E-state index in [9.17, 15) is 4.39 Å². The van der Waals surface area contributed by atoms with E-state index in [-0.39, 0.29) is 5.82 Å². The van der Waals surface area contributed by atoms with E-state index in [1.807, 2.05) is 37.2 Å². The highest BCUT2D eigenvalue weighted by Gasteiger charge is 2.06. The first-order chi connectivity index (χ1) is 9.20. The minimum Gasteiger partial charge on any atom is -0.373 e. The van der Waals surface area contributed by atoms with Crippen molar-refractivity contribution in [2.24, 2.45) is 0 Å². The van der Waals surface area contributed by atoms with E-state index < -0.39 is 0 Å². The van der Waals surface area contributed by atoms with Crippen LogP contribution in [0.3, 0.4) is 0 Å². The second-order valence-electron chi connectivity index (χ2n) is 4.27. The number of aromatic nitrogens is 2. The third-order valence-electron chi connectivity index (χ3n) is 2.97. The van der Waals surface area contributed by atoms with Crippen molar-refractivity contribution in [3.63, 3.8) is 0 Å². The number of rotatable bonds is 5. The highest BCUT2D eigenvalue weighted by molar-refractivity contribution is 5.47. The molecule has 0 aliphatic rings. The summed E-state index contributed by atoms with van der Waals surface area (Å²) >= 11 is 0. The molecule has 0 atom stereocenters. The summed E-state index contributed by atoms with van der Waals surface area (Å²) in [5.74, 6) is 1.42. The van der Waals surface area contributed by atoms with Gasteiger partial charge in [-0.05, 0) is 18.1 Å². The fourth-order valence-electron chi connectivity index (χ4n) is 1.80. The summed E-state index contributed by atoms with van der Waals surface area (Å²) in [6.45, 7) is 0.696. The topological polar surface area (TPSA) is 41.0 Å². The molecule has 1 N–H and O–H groups in total. The molecule has 0 radical (unpaired) electrons. The third-order valence-corrected chi connectivity index (χ3v) is 2.97. The Balaban J connectivity index is 2.01. The Kier molecular flexibility index (Phi) is 4.28. The first-order valence-corrected chi connectivity index (χ1v) is 6.15. The van der Waals surface area contributed by atoms with Crippen molar-refractivity contribution in [3.05, 3.63) is 48.0 Å². The molecule has 0 bridgehead atoms. The highest BCUT2D eigenvalue weighted by atomic mass is 19.1. The van der Waals surface area contributed by atoms with Gasteiger partial charge in [-0.25, -0.2) is 14.4 Å². The second kappa shape index (κ2) is 6.13. The van der Waals surface area contributed by atoms with Gasteiger partial charge < -0.3 is 10.2 Å². The summed E-state index contributed by atoms with van der Waals surface area (Å²) < 4.78 is 13.5. The fraction of sp³-hybridized carbons (Fsp3) is 0.286. The Morgan fingerprint density at radius 1 is 1.26 bits per heavy atom. The minimum absolute atomic E-state index is 0.158. The van der Waals surface area contributed by atoms with Crippen LogP contribution in [0.2, 0.25) is 0 Å². The van der Waals surface area contributed by atoms with Crippen LogP contribution in [0.15, 0.2) is 36.7 Å². The quantitative estimate of drug-likeness (QED) is 0.896. The lowest BCUT2D eigenvalue weighted by atomic mass is 10.1. The van der Waals surface area contributed by atoms with Gasteiger partial charge in [0.05, 0.1) is 0 Å². The van der Waals surface area contributed by atoms with Crippen molar-refractivity contribution in [3.8, 4) is 0 Å². The van der Waals surface area contributed by atoms with Gasteiger partial charge in [0.25, 0.3) is 0 Å². The molecule has 0 fully saturated rings. The summed E-state index contributed by atoms with van der Waals surface area (Å²) in [6.07, 6.45) is 2.16. The van der Waals surface area contributed by atoms with Gasteiger partial charge in [-0.3, -0.25) is 0 Å². The van der Waals surface area contributed by atoms with Gasteiger partial charge in [0.2, 0.25) is 0 Å². The molecule has 1 aromatic heterocycles. The lowest BCUT2D eigenvalue weighted by molar-refractivity contribution is 0.608. The number of nitrogens with zero attached hydrogens (tertiary/aromatic N) is 3. The number of benzene rings is 1. The van der Waals surface area contributed by atoms with Crippen LogP contribution in [0, 0.1) is 5.82 Å². The third kappa shape index (κ3) is 3.40.